The molecule has 0 aromatic heterocycles. The zero-order valence-corrected chi connectivity index (χ0v) is 23.5. The average Bonchev–Trinajstić information content (AvgIpc) is 2.99. The van der Waals surface area contributed by atoms with Crippen molar-refractivity contribution in [2.45, 2.75) is 26.4 Å². The van der Waals surface area contributed by atoms with Gasteiger partial charge in [0.1, 0.15) is 35.5 Å². The van der Waals surface area contributed by atoms with Crippen LogP contribution in [-0.2, 0) is 11.4 Å². The van der Waals surface area contributed by atoms with E-state index in [1.54, 1.807) is 25.3 Å². The smallest absolute Gasteiger partial charge is 0.349 e. The third-order valence-electron chi connectivity index (χ3n) is 6.92. The molecule has 1 heterocycles. The lowest BCUT2D eigenvalue weighted by Crippen LogP contribution is -2.22. The molecule has 1 atom stereocenters. The van der Waals surface area contributed by atoms with E-state index in [0.717, 1.165) is 22.3 Å². The number of hydrogen-bond acceptors (Lipinski definition) is 8. The Bertz CT molecular complexity index is 1670. The van der Waals surface area contributed by atoms with E-state index in [2.05, 4.69) is 6.07 Å². The highest BCUT2D eigenvalue weighted by Gasteiger charge is 2.32. The lowest BCUT2D eigenvalue weighted by molar-refractivity contribution is -0.136. The molecule has 0 amide bonds. The van der Waals surface area contributed by atoms with Crippen molar-refractivity contribution in [2.24, 2.45) is 5.73 Å². The summed E-state index contributed by atoms with van der Waals surface area (Å²) in [6.07, 6.45) is 0. The van der Waals surface area contributed by atoms with Gasteiger partial charge in [-0.05, 0) is 54.3 Å². The van der Waals surface area contributed by atoms with Gasteiger partial charge >= 0.3 is 5.97 Å². The minimum atomic E-state index is -0.568. The van der Waals surface area contributed by atoms with Crippen molar-refractivity contribution in [1.29, 1.82) is 5.26 Å². The van der Waals surface area contributed by atoms with E-state index in [1.807, 2.05) is 80.6 Å². The number of aryl methyl sites for hydroxylation is 2. The van der Waals surface area contributed by atoms with Crippen LogP contribution < -0.4 is 29.4 Å². The Morgan fingerprint density at radius 3 is 2.40 bits per heavy atom. The van der Waals surface area contributed by atoms with Crippen molar-refractivity contribution in [1.82, 2.24) is 0 Å². The summed E-state index contributed by atoms with van der Waals surface area (Å²) in [7, 11) is 1.56. The zero-order chi connectivity index (χ0) is 29.6. The van der Waals surface area contributed by atoms with E-state index in [4.69, 9.17) is 29.4 Å². The van der Waals surface area contributed by atoms with Crippen molar-refractivity contribution in [3.8, 4) is 34.8 Å². The molecule has 4 aromatic carbocycles. The highest BCUT2D eigenvalue weighted by molar-refractivity contribution is 5.74. The minimum absolute atomic E-state index is 0.0276. The van der Waals surface area contributed by atoms with E-state index in [1.165, 1.54) is 0 Å². The molecule has 0 saturated heterocycles. The molecule has 1 aliphatic rings. The van der Waals surface area contributed by atoms with Crippen molar-refractivity contribution in [3.05, 3.63) is 124 Å². The number of hydrogen-bond donors (Lipinski definition) is 1. The molecule has 1 unspecified atom stereocenters. The Kier molecular flexibility index (Phi) is 8.30. The monoisotopic (exact) mass is 562 g/mol. The van der Waals surface area contributed by atoms with Crippen molar-refractivity contribution in [2.75, 3.05) is 13.7 Å². The number of fused-ring (bicyclic) bond motifs is 1. The highest BCUT2D eigenvalue weighted by atomic mass is 16.6. The molecule has 1 aliphatic heterocycles. The van der Waals surface area contributed by atoms with Crippen LogP contribution >= 0.6 is 0 Å². The van der Waals surface area contributed by atoms with Crippen molar-refractivity contribution >= 4 is 5.97 Å². The van der Waals surface area contributed by atoms with Gasteiger partial charge in [0.25, 0.3) is 0 Å². The Morgan fingerprint density at radius 2 is 1.69 bits per heavy atom. The number of benzene rings is 4. The summed E-state index contributed by atoms with van der Waals surface area (Å²) in [5, 5.41) is 9.97. The number of nitriles is 1. The molecule has 0 fully saturated rings. The normalized spacial score (nSPS) is 13.8. The molecular formula is C34H30N2O6. The number of ether oxygens (including phenoxy) is 5. The van der Waals surface area contributed by atoms with Gasteiger partial charge in [-0.25, -0.2) is 4.79 Å². The van der Waals surface area contributed by atoms with Crippen LogP contribution in [0.3, 0.4) is 0 Å². The van der Waals surface area contributed by atoms with Crippen LogP contribution in [0, 0.1) is 25.2 Å². The first-order chi connectivity index (χ1) is 20.4. The van der Waals surface area contributed by atoms with Gasteiger partial charge in [-0.2, -0.15) is 5.26 Å². The first kappa shape index (κ1) is 28.1. The summed E-state index contributed by atoms with van der Waals surface area (Å²) in [6.45, 7) is 3.95. The maximum absolute atomic E-state index is 12.6. The van der Waals surface area contributed by atoms with E-state index in [9.17, 15) is 10.1 Å². The molecule has 2 N–H and O–H groups in total. The number of allylic oxidation sites excluding steroid dienone is 1. The topological polar surface area (TPSA) is 113 Å². The number of methoxy groups -OCH3 is 1. The predicted octanol–water partition coefficient (Wildman–Crippen LogP) is 6.09. The first-order valence-corrected chi connectivity index (χ1v) is 13.3. The summed E-state index contributed by atoms with van der Waals surface area (Å²) >= 11 is 0. The molecule has 0 saturated carbocycles. The first-order valence-electron chi connectivity index (χ1n) is 13.3. The minimum Gasteiger partial charge on any atom is -0.493 e. The Balaban J connectivity index is 1.36. The predicted molar refractivity (Wildman–Crippen MR) is 157 cm³/mol. The van der Waals surface area contributed by atoms with Crippen LogP contribution in [0.4, 0.5) is 0 Å². The van der Waals surface area contributed by atoms with Gasteiger partial charge in [0, 0.05) is 11.6 Å². The largest absolute Gasteiger partial charge is 0.493 e. The van der Waals surface area contributed by atoms with Crippen LogP contribution in [-0.4, -0.2) is 19.7 Å². The van der Waals surface area contributed by atoms with E-state index in [-0.39, 0.29) is 23.8 Å². The maximum atomic E-state index is 12.6. The van der Waals surface area contributed by atoms with E-state index >= 15 is 0 Å². The Labute approximate surface area is 244 Å². The number of esters is 1. The van der Waals surface area contributed by atoms with Gasteiger partial charge in [-0.3, -0.25) is 0 Å². The summed E-state index contributed by atoms with van der Waals surface area (Å²) in [5.74, 6) is 1.24. The standard InChI is InChI=1S/C34H30N2O6/c1-21-8-7-9-22(2)33(21)40-20-31(37)41-25-13-14-26-29(17-25)42-34(36)27(18-35)32(26)24-12-15-28(30(16-24)38-3)39-19-23-10-5-4-6-11-23/h4-17,32H,19-20,36H2,1-3H3. The second-order valence-corrected chi connectivity index (χ2v) is 9.79. The molecule has 5 rings (SSSR count). The highest BCUT2D eigenvalue weighted by Crippen LogP contribution is 2.45. The van der Waals surface area contributed by atoms with Gasteiger partial charge in [-0.15, -0.1) is 0 Å². The number of para-hydroxylation sites is 1. The molecular weight excluding hydrogens is 532 g/mol. The molecule has 0 bridgehead atoms. The Morgan fingerprint density at radius 1 is 0.929 bits per heavy atom. The van der Waals surface area contributed by atoms with Crippen molar-refractivity contribution < 1.29 is 28.5 Å². The fourth-order valence-electron chi connectivity index (χ4n) is 4.88. The van der Waals surface area contributed by atoms with Crippen LogP contribution in [0.25, 0.3) is 0 Å². The molecule has 8 nitrogen and oxygen atoms in total. The average molecular weight is 563 g/mol. The summed E-state index contributed by atoms with van der Waals surface area (Å²) < 4.78 is 28.7. The van der Waals surface area contributed by atoms with E-state index in [0.29, 0.717) is 35.2 Å². The van der Waals surface area contributed by atoms with Gasteiger partial charge in [-0.1, -0.05) is 60.7 Å². The SMILES string of the molecule is COc1cc(C2C(C#N)=C(N)Oc3cc(OC(=O)COc4c(C)cccc4C)ccc32)ccc1OCc1ccccc1. The molecule has 212 valence electrons. The number of rotatable bonds is 9. The second kappa shape index (κ2) is 12.4. The number of carbonyl (C=O) groups is 1. The molecule has 0 radical (unpaired) electrons. The number of nitrogens with two attached hydrogens (primary N) is 1. The lowest BCUT2D eigenvalue weighted by atomic mass is 9.83. The maximum Gasteiger partial charge on any atom is 0.349 e. The van der Waals surface area contributed by atoms with Crippen molar-refractivity contribution in [3.63, 3.8) is 0 Å². The zero-order valence-electron chi connectivity index (χ0n) is 23.5. The summed E-state index contributed by atoms with van der Waals surface area (Å²) in [4.78, 5) is 12.6. The van der Waals surface area contributed by atoms with Gasteiger partial charge < -0.3 is 29.4 Å². The van der Waals surface area contributed by atoms with E-state index < -0.39 is 11.9 Å². The van der Waals surface area contributed by atoms with Gasteiger partial charge in [0.15, 0.2) is 18.1 Å². The Hall–Kier alpha value is -5.42. The quantitative estimate of drug-likeness (QED) is 0.193. The molecule has 0 spiro atoms. The second-order valence-electron chi connectivity index (χ2n) is 9.79. The fraction of sp³-hybridized carbons (Fsp3) is 0.176. The molecule has 4 aromatic rings. The number of nitrogens with zero attached hydrogens (tertiary/aromatic N) is 1. The van der Waals surface area contributed by atoms with Crippen LogP contribution in [0.15, 0.2) is 96.4 Å². The third kappa shape index (κ3) is 6.01. The fourth-order valence-corrected chi connectivity index (χ4v) is 4.88. The third-order valence-corrected chi connectivity index (χ3v) is 6.92. The molecule has 8 heteroatoms. The van der Waals surface area contributed by atoms with Crippen LogP contribution in [0.5, 0.6) is 28.7 Å². The van der Waals surface area contributed by atoms with Crippen LogP contribution in [0.1, 0.15) is 33.7 Å². The molecule has 0 aliphatic carbocycles. The van der Waals surface area contributed by atoms with Gasteiger partial charge in [0.2, 0.25) is 5.88 Å². The van der Waals surface area contributed by atoms with Gasteiger partial charge in [0.05, 0.1) is 13.0 Å². The van der Waals surface area contributed by atoms with Crippen LogP contribution in [0.2, 0.25) is 0 Å². The molecule has 42 heavy (non-hydrogen) atoms. The lowest BCUT2D eigenvalue weighted by Gasteiger charge is -2.27. The summed E-state index contributed by atoms with van der Waals surface area (Å²) in [5.41, 5.74) is 10.8. The number of carbonyl (C=O) groups excluding carboxylic acids is 1. The summed E-state index contributed by atoms with van der Waals surface area (Å²) in [6, 6.07) is 28.2.